The number of carbonyl (C=O) groups is 1. The Bertz CT molecular complexity index is 620. The minimum atomic E-state index is -0.943. The Kier molecular flexibility index (Phi) is 3.90. The first-order valence-electron chi connectivity index (χ1n) is 6.11. The molecule has 0 aliphatic heterocycles. The van der Waals surface area contributed by atoms with Crippen molar-refractivity contribution in [2.45, 2.75) is 26.7 Å². The van der Waals surface area contributed by atoms with Crippen molar-refractivity contribution in [2.24, 2.45) is 0 Å². The summed E-state index contributed by atoms with van der Waals surface area (Å²) in [6.07, 6.45) is 2.93. The van der Waals surface area contributed by atoms with Crippen LogP contribution in [0.15, 0.2) is 24.4 Å². The molecule has 0 aliphatic rings. The van der Waals surface area contributed by atoms with Crippen molar-refractivity contribution in [1.82, 2.24) is 9.78 Å². The van der Waals surface area contributed by atoms with Gasteiger partial charge in [-0.15, -0.1) is 0 Å². The van der Waals surface area contributed by atoms with Gasteiger partial charge in [-0.25, -0.2) is 9.48 Å². The molecule has 0 atom stereocenters. The van der Waals surface area contributed by atoms with Crippen LogP contribution in [-0.4, -0.2) is 20.9 Å². The van der Waals surface area contributed by atoms with E-state index in [2.05, 4.69) is 5.10 Å². The number of hydrogen-bond donors (Lipinski definition) is 1. The lowest BCUT2D eigenvalue weighted by Gasteiger charge is -2.10. The number of hydrogen-bond acceptors (Lipinski definition) is 2. The van der Waals surface area contributed by atoms with Crippen LogP contribution in [0.25, 0.3) is 5.69 Å². The molecule has 1 N–H and O–H groups in total. The number of aromatic nitrogens is 2. The maximum absolute atomic E-state index is 11.2. The summed E-state index contributed by atoms with van der Waals surface area (Å²) in [6, 6.07) is 5.48. The highest BCUT2D eigenvalue weighted by Crippen LogP contribution is 2.22. The number of halogens is 1. The minimum absolute atomic E-state index is 0.260. The van der Waals surface area contributed by atoms with Gasteiger partial charge in [-0.05, 0) is 37.1 Å². The monoisotopic (exact) mass is 278 g/mol. The first-order chi connectivity index (χ1) is 9.04. The summed E-state index contributed by atoms with van der Waals surface area (Å²) >= 11 is 5.94. The summed E-state index contributed by atoms with van der Waals surface area (Å²) in [7, 11) is 0. The van der Waals surface area contributed by atoms with Crippen molar-refractivity contribution >= 4 is 17.6 Å². The highest BCUT2D eigenvalue weighted by molar-refractivity contribution is 6.30. The molecule has 1 heterocycles. The van der Waals surface area contributed by atoms with Gasteiger partial charge in [0.05, 0.1) is 17.6 Å². The first-order valence-corrected chi connectivity index (χ1v) is 6.49. The van der Waals surface area contributed by atoms with E-state index in [0.29, 0.717) is 11.4 Å². The van der Waals surface area contributed by atoms with E-state index >= 15 is 0 Å². The fourth-order valence-electron chi connectivity index (χ4n) is 2.09. The Morgan fingerprint density at radius 1 is 1.47 bits per heavy atom. The lowest BCUT2D eigenvalue weighted by atomic mass is 10.1. The molecule has 0 saturated carbocycles. The molecule has 2 aromatic rings. The second-order valence-corrected chi connectivity index (χ2v) is 4.84. The van der Waals surface area contributed by atoms with Crippen LogP contribution in [0.2, 0.25) is 5.02 Å². The molecule has 0 radical (unpaired) electrons. The zero-order valence-corrected chi connectivity index (χ0v) is 11.6. The molecule has 5 heteroatoms. The van der Waals surface area contributed by atoms with E-state index in [1.54, 1.807) is 10.7 Å². The van der Waals surface area contributed by atoms with Gasteiger partial charge in [0.15, 0.2) is 0 Å². The maximum atomic E-state index is 11.2. The molecule has 2 rings (SSSR count). The molecule has 19 heavy (non-hydrogen) atoms. The standard InChI is InChI=1S/C14H15ClN2O2/c1-3-4-13-11(14(18)19)8-16-17(13)12-6-5-10(15)7-9(12)2/h5-8H,3-4H2,1-2H3,(H,18,19). The number of aromatic carboxylic acids is 1. The number of rotatable bonds is 4. The van der Waals surface area contributed by atoms with Crippen LogP contribution < -0.4 is 0 Å². The summed E-state index contributed by atoms with van der Waals surface area (Å²) in [4.78, 5) is 11.2. The van der Waals surface area contributed by atoms with Crippen molar-refractivity contribution in [2.75, 3.05) is 0 Å². The van der Waals surface area contributed by atoms with Gasteiger partial charge in [-0.1, -0.05) is 24.9 Å². The molecule has 0 aliphatic carbocycles. The van der Waals surface area contributed by atoms with E-state index in [-0.39, 0.29) is 5.56 Å². The zero-order valence-electron chi connectivity index (χ0n) is 10.9. The van der Waals surface area contributed by atoms with E-state index in [9.17, 15) is 9.90 Å². The van der Waals surface area contributed by atoms with Gasteiger partial charge in [0.2, 0.25) is 0 Å². The second kappa shape index (κ2) is 5.45. The Hall–Kier alpha value is -1.81. The van der Waals surface area contributed by atoms with Crippen LogP contribution >= 0.6 is 11.6 Å². The lowest BCUT2D eigenvalue weighted by molar-refractivity contribution is 0.0695. The zero-order chi connectivity index (χ0) is 14.0. The molecule has 0 unspecified atom stereocenters. The van der Waals surface area contributed by atoms with Crippen LogP contribution in [0.3, 0.4) is 0 Å². The molecule has 0 amide bonds. The third-order valence-electron chi connectivity index (χ3n) is 2.97. The largest absolute Gasteiger partial charge is 0.478 e. The molecule has 4 nitrogen and oxygen atoms in total. The molecule has 0 spiro atoms. The maximum Gasteiger partial charge on any atom is 0.339 e. The van der Waals surface area contributed by atoms with Crippen molar-refractivity contribution in [3.63, 3.8) is 0 Å². The molecule has 1 aromatic heterocycles. The van der Waals surface area contributed by atoms with E-state index in [4.69, 9.17) is 11.6 Å². The normalized spacial score (nSPS) is 10.7. The summed E-state index contributed by atoms with van der Waals surface area (Å²) in [6.45, 7) is 3.94. The molecular formula is C14H15ClN2O2. The molecule has 0 fully saturated rings. The van der Waals surface area contributed by atoms with Gasteiger partial charge in [-0.3, -0.25) is 0 Å². The lowest BCUT2D eigenvalue weighted by Crippen LogP contribution is -2.07. The highest BCUT2D eigenvalue weighted by Gasteiger charge is 2.17. The Balaban J connectivity index is 2.58. The first kappa shape index (κ1) is 13.6. The number of carboxylic acids is 1. The summed E-state index contributed by atoms with van der Waals surface area (Å²) < 4.78 is 1.69. The van der Waals surface area contributed by atoms with Crippen LogP contribution in [0, 0.1) is 6.92 Å². The van der Waals surface area contributed by atoms with E-state index in [1.807, 2.05) is 26.0 Å². The van der Waals surface area contributed by atoms with Gasteiger partial charge in [-0.2, -0.15) is 5.10 Å². The van der Waals surface area contributed by atoms with Crippen molar-refractivity contribution in [1.29, 1.82) is 0 Å². The fraction of sp³-hybridized carbons (Fsp3) is 0.286. The third kappa shape index (κ3) is 2.63. The average molecular weight is 279 g/mol. The van der Waals surface area contributed by atoms with Gasteiger partial charge >= 0.3 is 5.97 Å². The van der Waals surface area contributed by atoms with Gasteiger partial charge < -0.3 is 5.11 Å². The Morgan fingerprint density at radius 3 is 2.79 bits per heavy atom. The molecular weight excluding hydrogens is 264 g/mol. The number of carboxylic acid groups (broad SMARTS) is 1. The smallest absolute Gasteiger partial charge is 0.339 e. The Morgan fingerprint density at radius 2 is 2.21 bits per heavy atom. The number of nitrogens with zero attached hydrogens (tertiary/aromatic N) is 2. The second-order valence-electron chi connectivity index (χ2n) is 4.40. The third-order valence-corrected chi connectivity index (χ3v) is 3.21. The summed E-state index contributed by atoms with van der Waals surface area (Å²) in [5.74, 6) is -0.943. The molecule has 100 valence electrons. The van der Waals surface area contributed by atoms with Gasteiger partial charge in [0, 0.05) is 5.02 Å². The van der Waals surface area contributed by atoms with Crippen LogP contribution in [-0.2, 0) is 6.42 Å². The van der Waals surface area contributed by atoms with E-state index in [0.717, 1.165) is 23.4 Å². The summed E-state index contributed by atoms with van der Waals surface area (Å²) in [5, 5.41) is 14.1. The predicted molar refractivity (Wildman–Crippen MR) is 74.3 cm³/mol. The molecule has 0 saturated heterocycles. The average Bonchev–Trinajstić information content (AvgIpc) is 2.73. The van der Waals surface area contributed by atoms with Crippen molar-refractivity contribution in [3.8, 4) is 5.69 Å². The predicted octanol–water partition coefficient (Wildman–Crippen LogP) is 3.48. The topological polar surface area (TPSA) is 55.1 Å². The molecule has 1 aromatic carbocycles. The van der Waals surface area contributed by atoms with E-state index < -0.39 is 5.97 Å². The van der Waals surface area contributed by atoms with Crippen molar-refractivity contribution in [3.05, 3.63) is 46.2 Å². The SMILES string of the molecule is CCCc1c(C(=O)O)cnn1-c1ccc(Cl)cc1C. The van der Waals surface area contributed by atoms with Crippen molar-refractivity contribution < 1.29 is 9.90 Å². The summed E-state index contributed by atoms with van der Waals surface area (Å²) in [5.41, 5.74) is 2.81. The van der Waals surface area contributed by atoms with Gasteiger partial charge in [0.25, 0.3) is 0 Å². The van der Waals surface area contributed by atoms with E-state index in [1.165, 1.54) is 6.20 Å². The number of benzene rings is 1. The van der Waals surface area contributed by atoms with Crippen LogP contribution in [0.5, 0.6) is 0 Å². The van der Waals surface area contributed by atoms with Crippen LogP contribution in [0.1, 0.15) is 35.0 Å². The van der Waals surface area contributed by atoms with Gasteiger partial charge in [0.1, 0.15) is 5.56 Å². The molecule has 0 bridgehead atoms. The fourth-order valence-corrected chi connectivity index (χ4v) is 2.32. The quantitative estimate of drug-likeness (QED) is 0.931. The Labute approximate surface area is 116 Å². The van der Waals surface area contributed by atoms with Crippen LogP contribution in [0.4, 0.5) is 0 Å². The minimum Gasteiger partial charge on any atom is -0.478 e. The number of aryl methyl sites for hydroxylation is 1. The highest BCUT2D eigenvalue weighted by atomic mass is 35.5.